The van der Waals surface area contributed by atoms with E-state index in [1.165, 1.54) is 6.21 Å². The standard InChI is InChI=1S/C16H15BrN2O2/c1-19(2)13-9-7-12(8-10-13)11-18-21-16(20)14-5-3-4-6-15(14)17/h3-11H,1-2H3. The number of hydrogen-bond donors (Lipinski definition) is 0. The molecule has 0 saturated heterocycles. The van der Waals surface area contributed by atoms with E-state index in [0.29, 0.717) is 10.0 Å². The number of hydrogen-bond acceptors (Lipinski definition) is 4. The highest BCUT2D eigenvalue weighted by molar-refractivity contribution is 9.10. The summed E-state index contributed by atoms with van der Waals surface area (Å²) in [5.41, 5.74) is 2.40. The summed E-state index contributed by atoms with van der Waals surface area (Å²) in [7, 11) is 3.95. The molecule has 2 rings (SSSR count). The Labute approximate surface area is 132 Å². The van der Waals surface area contributed by atoms with Crippen LogP contribution in [0.1, 0.15) is 15.9 Å². The molecule has 0 atom stereocenters. The van der Waals surface area contributed by atoms with Crippen molar-refractivity contribution >= 4 is 33.8 Å². The van der Waals surface area contributed by atoms with Crippen molar-refractivity contribution in [1.82, 2.24) is 0 Å². The minimum absolute atomic E-state index is 0.442. The average molecular weight is 347 g/mol. The number of rotatable bonds is 4. The zero-order chi connectivity index (χ0) is 15.2. The first kappa shape index (κ1) is 15.3. The van der Waals surface area contributed by atoms with E-state index in [1.54, 1.807) is 18.2 Å². The highest BCUT2D eigenvalue weighted by atomic mass is 79.9. The quantitative estimate of drug-likeness (QED) is 0.481. The molecule has 108 valence electrons. The molecule has 0 amide bonds. The summed E-state index contributed by atoms with van der Waals surface area (Å²) < 4.78 is 0.681. The summed E-state index contributed by atoms with van der Waals surface area (Å²) in [5, 5.41) is 3.72. The van der Waals surface area contributed by atoms with E-state index in [-0.39, 0.29) is 0 Å². The van der Waals surface area contributed by atoms with Crippen molar-refractivity contribution in [3.8, 4) is 0 Å². The first-order valence-electron chi connectivity index (χ1n) is 6.34. The van der Waals surface area contributed by atoms with Crippen LogP contribution in [0.3, 0.4) is 0 Å². The van der Waals surface area contributed by atoms with Gasteiger partial charge in [0.2, 0.25) is 0 Å². The Morgan fingerprint density at radius 1 is 1.14 bits per heavy atom. The third-order valence-electron chi connectivity index (χ3n) is 2.84. The summed E-state index contributed by atoms with van der Waals surface area (Å²) in [6.07, 6.45) is 1.51. The van der Waals surface area contributed by atoms with Crippen LogP contribution in [-0.2, 0) is 4.84 Å². The fourth-order valence-corrected chi connectivity index (χ4v) is 2.12. The molecule has 5 heteroatoms. The van der Waals surface area contributed by atoms with Crippen molar-refractivity contribution in [3.63, 3.8) is 0 Å². The minimum atomic E-state index is -0.497. The molecule has 0 fully saturated rings. The van der Waals surface area contributed by atoms with Crippen LogP contribution in [0.5, 0.6) is 0 Å². The van der Waals surface area contributed by atoms with Gasteiger partial charge in [-0.25, -0.2) is 4.79 Å². The van der Waals surface area contributed by atoms with Gasteiger partial charge in [-0.1, -0.05) is 29.4 Å². The molecule has 2 aromatic rings. The fourth-order valence-electron chi connectivity index (χ4n) is 1.67. The monoisotopic (exact) mass is 346 g/mol. The maximum atomic E-state index is 11.8. The molecule has 0 unspecified atom stereocenters. The average Bonchev–Trinajstić information content (AvgIpc) is 2.48. The lowest BCUT2D eigenvalue weighted by atomic mass is 10.2. The third-order valence-corrected chi connectivity index (χ3v) is 3.53. The maximum absolute atomic E-state index is 11.8. The molecule has 0 saturated carbocycles. The van der Waals surface area contributed by atoms with Crippen LogP contribution in [0.2, 0.25) is 0 Å². The Balaban J connectivity index is 1.99. The Hall–Kier alpha value is -2.14. The van der Waals surface area contributed by atoms with Crippen molar-refractivity contribution in [2.24, 2.45) is 5.16 Å². The van der Waals surface area contributed by atoms with E-state index in [4.69, 9.17) is 4.84 Å². The molecule has 0 N–H and O–H groups in total. The van der Waals surface area contributed by atoms with Crippen LogP contribution in [0.25, 0.3) is 0 Å². The van der Waals surface area contributed by atoms with E-state index in [0.717, 1.165) is 11.3 Å². The molecular weight excluding hydrogens is 332 g/mol. The van der Waals surface area contributed by atoms with Gasteiger partial charge < -0.3 is 9.74 Å². The van der Waals surface area contributed by atoms with E-state index < -0.39 is 5.97 Å². The smallest absolute Gasteiger partial charge is 0.366 e. The van der Waals surface area contributed by atoms with Gasteiger partial charge in [0, 0.05) is 24.3 Å². The van der Waals surface area contributed by atoms with Gasteiger partial charge in [-0.2, -0.15) is 0 Å². The van der Waals surface area contributed by atoms with Crippen molar-refractivity contribution < 1.29 is 9.63 Å². The normalized spacial score (nSPS) is 10.6. The second kappa shape index (κ2) is 7.04. The van der Waals surface area contributed by atoms with Gasteiger partial charge >= 0.3 is 5.97 Å². The minimum Gasteiger partial charge on any atom is -0.378 e. The second-order valence-electron chi connectivity index (χ2n) is 4.58. The molecule has 0 aliphatic rings. The summed E-state index contributed by atoms with van der Waals surface area (Å²) in [4.78, 5) is 18.7. The summed E-state index contributed by atoms with van der Waals surface area (Å²) in [6, 6.07) is 14.8. The van der Waals surface area contributed by atoms with E-state index in [1.807, 2.05) is 49.3 Å². The number of halogens is 1. The Morgan fingerprint density at radius 3 is 2.43 bits per heavy atom. The van der Waals surface area contributed by atoms with Crippen molar-refractivity contribution in [3.05, 3.63) is 64.1 Å². The third kappa shape index (κ3) is 4.16. The molecule has 4 nitrogen and oxygen atoms in total. The first-order valence-corrected chi connectivity index (χ1v) is 7.14. The highest BCUT2D eigenvalue weighted by Crippen LogP contribution is 2.17. The molecule has 0 aliphatic heterocycles. The van der Waals surface area contributed by atoms with Gasteiger partial charge in [-0.15, -0.1) is 0 Å². The number of oxime groups is 1. The number of benzene rings is 2. The van der Waals surface area contributed by atoms with Gasteiger partial charge in [0.1, 0.15) is 0 Å². The molecule has 2 aromatic carbocycles. The predicted octanol–water partition coefficient (Wildman–Crippen LogP) is 3.71. The SMILES string of the molecule is CN(C)c1ccc(C=NOC(=O)c2ccccc2Br)cc1. The lowest BCUT2D eigenvalue weighted by molar-refractivity contribution is 0.0518. The number of nitrogens with zero attached hydrogens (tertiary/aromatic N) is 2. The van der Waals surface area contributed by atoms with Crippen LogP contribution in [0.15, 0.2) is 58.2 Å². The second-order valence-corrected chi connectivity index (χ2v) is 5.43. The molecule has 0 radical (unpaired) electrons. The van der Waals surface area contributed by atoms with Crippen molar-refractivity contribution in [1.29, 1.82) is 0 Å². The zero-order valence-corrected chi connectivity index (χ0v) is 13.4. The molecule has 0 aliphatic carbocycles. The molecule has 21 heavy (non-hydrogen) atoms. The van der Waals surface area contributed by atoms with Crippen LogP contribution in [0.4, 0.5) is 5.69 Å². The Kier molecular flexibility index (Phi) is 5.11. The number of anilines is 1. The van der Waals surface area contributed by atoms with Gasteiger partial charge in [-0.05, 0) is 45.8 Å². The van der Waals surface area contributed by atoms with Crippen molar-refractivity contribution in [2.45, 2.75) is 0 Å². The summed E-state index contributed by atoms with van der Waals surface area (Å²) in [6.45, 7) is 0. The Morgan fingerprint density at radius 2 is 1.81 bits per heavy atom. The largest absolute Gasteiger partial charge is 0.378 e. The zero-order valence-electron chi connectivity index (χ0n) is 11.8. The predicted molar refractivity (Wildman–Crippen MR) is 87.9 cm³/mol. The molecule has 0 bridgehead atoms. The van der Waals surface area contributed by atoms with Gasteiger partial charge in [-0.3, -0.25) is 0 Å². The summed E-state index contributed by atoms with van der Waals surface area (Å²) >= 11 is 3.30. The van der Waals surface area contributed by atoms with E-state index >= 15 is 0 Å². The first-order chi connectivity index (χ1) is 10.1. The lowest BCUT2D eigenvalue weighted by Gasteiger charge is -2.11. The molecule has 0 aromatic heterocycles. The van der Waals surface area contributed by atoms with E-state index in [9.17, 15) is 4.79 Å². The maximum Gasteiger partial charge on any atom is 0.366 e. The Bertz CT molecular complexity index is 652. The van der Waals surface area contributed by atoms with Gasteiger partial charge in [0.25, 0.3) is 0 Å². The molecule has 0 spiro atoms. The van der Waals surface area contributed by atoms with Gasteiger partial charge in [0.15, 0.2) is 0 Å². The van der Waals surface area contributed by atoms with Gasteiger partial charge in [0.05, 0.1) is 11.8 Å². The molecule has 0 heterocycles. The van der Waals surface area contributed by atoms with Crippen molar-refractivity contribution in [2.75, 3.05) is 19.0 Å². The number of carbonyl (C=O) groups is 1. The number of carbonyl (C=O) groups excluding carboxylic acids is 1. The topological polar surface area (TPSA) is 41.9 Å². The van der Waals surface area contributed by atoms with E-state index in [2.05, 4.69) is 21.1 Å². The molecular formula is C16H15BrN2O2. The lowest BCUT2D eigenvalue weighted by Crippen LogP contribution is -2.08. The van der Waals surface area contributed by atoms with Crippen LogP contribution < -0.4 is 4.90 Å². The van der Waals surface area contributed by atoms with Crippen LogP contribution >= 0.6 is 15.9 Å². The van der Waals surface area contributed by atoms with Crippen LogP contribution in [0, 0.1) is 0 Å². The highest BCUT2D eigenvalue weighted by Gasteiger charge is 2.10. The summed E-state index contributed by atoms with van der Waals surface area (Å²) in [5.74, 6) is -0.497. The fraction of sp³-hybridized carbons (Fsp3) is 0.125. The van der Waals surface area contributed by atoms with Crippen LogP contribution in [-0.4, -0.2) is 26.3 Å².